The lowest BCUT2D eigenvalue weighted by Crippen LogP contribution is -2.16. The van der Waals surface area contributed by atoms with Gasteiger partial charge in [-0.15, -0.1) is 0 Å². The van der Waals surface area contributed by atoms with Crippen LogP contribution < -0.4 is 9.47 Å². The molecule has 0 radical (unpaired) electrons. The first kappa shape index (κ1) is 14.0. The van der Waals surface area contributed by atoms with Crippen LogP contribution in [0.4, 0.5) is 0 Å². The summed E-state index contributed by atoms with van der Waals surface area (Å²) in [5.41, 5.74) is 0.465. The summed E-state index contributed by atoms with van der Waals surface area (Å²) in [5, 5.41) is 8.80. The van der Waals surface area contributed by atoms with Gasteiger partial charge in [0.15, 0.2) is 0 Å². The van der Waals surface area contributed by atoms with E-state index >= 15 is 0 Å². The van der Waals surface area contributed by atoms with Gasteiger partial charge in [-0.1, -0.05) is 0 Å². The summed E-state index contributed by atoms with van der Waals surface area (Å²) >= 11 is 0. The Morgan fingerprint density at radius 2 is 1.83 bits per heavy atom. The van der Waals surface area contributed by atoms with E-state index in [1.165, 1.54) is 27.4 Å². The quantitative estimate of drug-likeness (QED) is 0.605. The monoisotopic (exact) mass is 254 g/mol. The molecule has 0 fully saturated rings. The van der Waals surface area contributed by atoms with Gasteiger partial charge in [0, 0.05) is 12.7 Å². The van der Waals surface area contributed by atoms with E-state index in [2.05, 4.69) is 0 Å². The summed E-state index contributed by atoms with van der Waals surface area (Å²) in [6.07, 6.45) is 0. The molecular formula is C12H14O6. The van der Waals surface area contributed by atoms with E-state index in [0.29, 0.717) is 5.56 Å². The fourth-order valence-electron chi connectivity index (χ4n) is 1.60. The minimum Gasteiger partial charge on any atom is -0.496 e. The molecule has 0 unspecified atom stereocenters. The molecule has 0 aliphatic rings. The van der Waals surface area contributed by atoms with Gasteiger partial charge in [0.2, 0.25) is 0 Å². The molecular weight excluding hydrogens is 240 g/mol. The maximum absolute atomic E-state index is 11.7. The van der Waals surface area contributed by atoms with Gasteiger partial charge in [-0.2, -0.15) is 0 Å². The zero-order valence-corrected chi connectivity index (χ0v) is 10.4. The molecule has 0 saturated heterocycles. The first-order valence-electron chi connectivity index (χ1n) is 5.07. The normalized spacial score (nSPS) is 9.94. The largest absolute Gasteiger partial charge is 0.496 e. The first-order chi connectivity index (χ1) is 8.56. The molecule has 0 aliphatic heterocycles. The van der Waals surface area contributed by atoms with Crippen molar-refractivity contribution in [3.05, 3.63) is 23.3 Å². The molecule has 0 bridgehead atoms. The SMILES string of the molecule is COCc1ccc(OC)c(C(=O)C(=O)O)c1OC. The molecule has 1 aromatic rings. The van der Waals surface area contributed by atoms with Crippen LogP contribution in [0, 0.1) is 0 Å². The van der Waals surface area contributed by atoms with Crippen LogP contribution in [0.2, 0.25) is 0 Å². The summed E-state index contributed by atoms with van der Waals surface area (Å²) in [4.78, 5) is 22.5. The van der Waals surface area contributed by atoms with Crippen LogP contribution in [0.3, 0.4) is 0 Å². The molecule has 0 amide bonds. The molecule has 1 aromatic carbocycles. The molecule has 0 atom stereocenters. The van der Waals surface area contributed by atoms with Crippen molar-refractivity contribution < 1.29 is 28.9 Å². The van der Waals surface area contributed by atoms with Gasteiger partial charge in [0.05, 0.1) is 20.8 Å². The van der Waals surface area contributed by atoms with Crippen LogP contribution in [0.25, 0.3) is 0 Å². The number of carboxylic acids is 1. The van der Waals surface area contributed by atoms with E-state index in [9.17, 15) is 9.59 Å². The third-order valence-electron chi connectivity index (χ3n) is 2.35. The summed E-state index contributed by atoms with van der Waals surface area (Å²) < 4.78 is 15.0. The van der Waals surface area contributed by atoms with E-state index in [1.807, 2.05) is 0 Å². The summed E-state index contributed by atoms with van der Waals surface area (Å²) in [6.45, 7) is 0.201. The molecule has 0 aliphatic carbocycles. The average molecular weight is 254 g/mol. The van der Waals surface area contributed by atoms with Gasteiger partial charge >= 0.3 is 5.97 Å². The van der Waals surface area contributed by atoms with Gasteiger partial charge in [-0.25, -0.2) is 4.79 Å². The van der Waals surface area contributed by atoms with Crippen LogP contribution >= 0.6 is 0 Å². The average Bonchev–Trinajstić information content (AvgIpc) is 2.37. The lowest BCUT2D eigenvalue weighted by atomic mass is 10.0. The summed E-state index contributed by atoms with van der Waals surface area (Å²) in [7, 11) is 4.19. The molecule has 98 valence electrons. The zero-order valence-electron chi connectivity index (χ0n) is 10.4. The molecule has 18 heavy (non-hydrogen) atoms. The second-order valence-electron chi connectivity index (χ2n) is 3.40. The van der Waals surface area contributed by atoms with Crippen molar-refractivity contribution in [2.45, 2.75) is 6.61 Å². The fourth-order valence-corrected chi connectivity index (χ4v) is 1.60. The Balaban J connectivity index is 3.46. The van der Waals surface area contributed by atoms with Gasteiger partial charge < -0.3 is 19.3 Å². The van der Waals surface area contributed by atoms with E-state index in [4.69, 9.17) is 19.3 Å². The Morgan fingerprint density at radius 1 is 1.17 bits per heavy atom. The second-order valence-corrected chi connectivity index (χ2v) is 3.40. The fraction of sp³-hybridized carbons (Fsp3) is 0.333. The predicted molar refractivity (Wildman–Crippen MR) is 62.2 cm³/mol. The highest BCUT2D eigenvalue weighted by Gasteiger charge is 2.26. The molecule has 1 rings (SSSR count). The number of hydrogen-bond acceptors (Lipinski definition) is 5. The van der Waals surface area contributed by atoms with Gasteiger partial charge in [0.1, 0.15) is 17.1 Å². The molecule has 0 saturated carbocycles. The smallest absolute Gasteiger partial charge is 0.377 e. The van der Waals surface area contributed by atoms with Gasteiger partial charge in [-0.05, 0) is 12.1 Å². The van der Waals surface area contributed by atoms with Gasteiger partial charge in [-0.3, -0.25) is 4.79 Å². The Kier molecular flexibility index (Phi) is 4.67. The zero-order chi connectivity index (χ0) is 13.7. The Labute approximate surface area is 104 Å². The molecule has 1 N–H and O–H groups in total. The molecule has 0 heterocycles. The maximum atomic E-state index is 11.7. The number of hydrogen-bond donors (Lipinski definition) is 1. The van der Waals surface area contributed by atoms with Crippen LogP contribution in [0.5, 0.6) is 11.5 Å². The van der Waals surface area contributed by atoms with Crippen molar-refractivity contribution in [3.8, 4) is 11.5 Å². The standard InChI is InChI=1S/C12H14O6/c1-16-6-7-4-5-8(17-2)9(11(7)18-3)10(13)12(14)15/h4-5H,6H2,1-3H3,(H,14,15). The van der Waals surface area contributed by atoms with Crippen molar-refractivity contribution in [1.82, 2.24) is 0 Å². The van der Waals surface area contributed by atoms with E-state index in [0.717, 1.165) is 0 Å². The maximum Gasteiger partial charge on any atom is 0.377 e. The third kappa shape index (κ3) is 2.60. The number of ether oxygens (including phenoxy) is 3. The van der Waals surface area contributed by atoms with E-state index in [1.54, 1.807) is 6.07 Å². The summed E-state index contributed by atoms with van der Waals surface area (Å²) in [5.74, 6) is -2.34. The molecule has 0 aromatic heterocycles. The van der Waals surface area contributed by atoms with E-state index in [-0.39, 0.29) is 23.7 Å². The Hall–Kier alpha value is -2.08. The lowest BCUT2D eigenvalue weighted by molar-refractivity contribution is -0.131. The highest BCUT2D eigenvalue weighted by atomic mass is 16.5. The van der Waals surface area contributed by atoms with Crippen LogP contribution in [-0.2, 0) is 16.1 Å². The van der Waals surface area contributed by atoms with Crippen molar-refractivity contribution >= 4 is 11.8 Å². The number of aliphatic carboxylic acids is 1. The van der Waals surface area contributed by atoms with Crippen molar-refractivity contribution in [3.63, 3.8) is 0 Å². The molecule has 6 heteroatoms. The highest BCUT2D eigenvalue weighted by Crippen LogP contribution is 2.33. The number of benzene rings is 1. The Bertz CT molecular complexity index is 466. The molecule has 0 spiro atoms. The minimum atomic E-state index is -1.57. The van der Waals surface area contributed by atoms with Gasteiger partial charge in [0.25, 0.3) is 5.78 Å². The van der Waals surface area contributed by atoms with Crippen molar-refractivity contribution in [1.29, 1.82) is 0 Å². The predicted octanol–water partition coefficient (Wildman–Crippen LogP) is 1.12. The topological polar surface area (TPSA) is 82.1 Å². The first-order valence-corrected chi connectivity index (χ1v) is 5.07. The lowest BCUT2D eigenvalue weighted by Gasteiger charge is -2.14. The van der Waals surface area contributed by atoms with Crippen LogP contribution in [0.1, 0.15) is 15.9 Å². The summed E-state index contributed by atoms with van der Waals surface area (Å²) in [6, 6.07) is 3.16. The number of Topliss-reactive ketones (excluding diaryl/α,β-unsaturated/α-hetero) is 1. The number of carbonyl (C=O) groups is 2. The number of carbonyl (C=O) groups excluding carboxylic acids is 1. The van der Waals surface area contributed by atoms with Crippen molar-refractivity contribution in [2.24, 2.45) is 0 Å². The van der Waals surface area contributed by atoms with E-state index < -0.39 is 11.8 Å². The third-order valence-corrected chi connectivity index (χ3v) is 2.35. The minimum absolute atomic E-state index is 0.109. The molecule has 6 nitrogen and oxygen atoms in total. The number of carboxylic acid groups (broad SMARTS) is 1. The Morgan fingerprint density at radius 3 is 2.28 bits per heavy atom. The van der Waals surface area contributed by atoms with Crippen LogP contribution in [-0.4, -0.2) is 38.2 Å². The highest BCUT2D eigenvalue weighted by molar-refractivity contribution is 6.41. The van der Waals surface area contributed by atoms with Crippen LogP contribution in [0.15, 0.2) is 12.1 Å². The number of methoxy groups -OCH3 is 3. The van der Waals surface area contributed by atoms with Crippen molar-refractivity contribution in [2.75, 3.05) is 21.3 Å². The number of rotatable bonds is 6. The number of ketones is 1. The second kappa shape index (κ2) is 6.02.